The SMILES string of the molecule is CCCN(C)c1cnc(C(C)C)nc1CN. The molecule has 0 unspecified atom stereocenters. The van der Waals surface area contributed by atoms with Gasteiger partial charge in [0, 0.05) is 26.1 Å². The van der Waals surface area contributed by atoms with Crippen molar-refractivity contribution < 1.29 is 0 Å². The van der Waals surface area contributed by atoms with Crippen LogP contribution in [0.4, 0.5) is 5.69 Å². The molecule has 1 aromatic rings. The minimum absolute atomic E-state index is 0.343. The molecule has 0 aliphatic carbocycles. The molecular formula is C12H22N4. The van der Waals surface area contributed by atoms with Crippen LogP contribution in [0.5, 0.6) is 0 Å². The predicted molar refractivity (Wildman–Crippen MR) is 67.6 cm³/mol. The first-order chi connectivity index (χ1) is 7.60. The Labute approximate surface area is 97.9 Å². The van der Waals surface area contributed by atoms with Gasteiger partial charge in [0.2, 0.25) is 0 Å². The Hall–Kier alpha value is -1.16. The maximum atomic E-state index is 5.74. The van der Waals surface area contributed by atoms with Crippen molar-refractivity contribution in [3.8, 4) is 0 Å². The van der Waals surface area contributed by atoms with E-state index in [2.05, 4.69) is 42.7 Å². The highest BCUT2D eigenvalue weighted by atomic mass is 15.1. The van der Waals surface area contributed by atoms with Crippen LogP contribution in [0.25, 0.3) is 0 Å². The number of rotatable bonds is 5. The molecule has 0 atom stereocenters. The molecule has 1 heterocycles. The summed E-state index contributed by atoms with van der Waals surface area (Å²) in [5, 5.41) is 0. The normalized spacial score (nSPS) is 10.9. The lowest BCUT2D eigenvalue weighted by atomic mass is 10.2. The first-order valence-corrected chi connectivity index (χ1v) is 5.87. The van der Waals surface area contributed by atoms with Gasteiger partial charge in [-0.3, -0.25) is 0 Å². The van der Waals surface area contributed by atoms with Gasteiger partial charge in [0.15, 0.2) is 0 Å². The van der Waals surface area contributed by atoms with E-state index in [1.807, 2.05) is 6.20 Å². The lowest BCUT2D eigenvalue weighted by molar-refractivity contribution is 0.746. The molecule has 0 saturated carbocycles. The number of nitrogens with two attached hydrogens (primary N) is 1. The van der Waals surface area contributed by atoms with Crippen molar-refractivity contribution in [3.63, 3.8) is 0 Å². The van der Waals surface area contributed by atoms with Gasteiger partial charge in [-0.05, 0) is 6.42 Å². The van der Waals surface area contributed by atoms with Crippen molar-refractivity contribution in [2.45, 2.75) is 39.7 Å². The molecule has 0 aliphatic rings. The summed E-state index contributed by atoms with van der Waals surface area (Å²) in [7, 11) is 2.05. The molecule has 4 nitrogen and oxygen atoms in total. The van der Waals surface area contributed by atoms with E-state index in [0.29, 0.717) is 12.5 Å². The average Bonchev–Trinajstić information content (AvgIpc) is 2.28. The number of nitrogens with zero attached hydrogens (tertiary/aromatic N) is 3. The zero-order valence-corrected chi connectivity index (χ0v) is 10.7. The van der Waals surface area contributed by atoms with Crippen LogP contribution in [-0.4, -0.2) is 23.6 Å². The molecule has 2 N–H and O–H groups in total. The Morgan fingerprint density at radius 3 is 2.62 bits per heavy atom. The Balaban J connectivity index is 3.01. The predicted octanol–water partition coefficient (Wildman–Crippen LogP) is 1.90. The van der Waals surface area contributed by atoms with Gasteiger partial charge < -0.3 is 10.6 Å². The van der Waals surface area contributed by atoms with Crippen LogP contribution in [0.2, 0.25) is 0 Å². The van der Waals surface area contributed by atoms with Crippen LogP contribution >= 0.6 is 0 Å². The Morgan fingerprint density at radius 1 is 1.44 bits per heavy atom. The highest BCUT2D eigenvalue weighted by Gasteiger charge is 2.11. The number of hydrogen-bond donors (Lipinski definition) is 1. The Bertz CT molecular complexity index is 336. The minimum Gasteiger partial charge on any atom is -0.372 e. The van der Waals surface area contributed by atoms with Crippen LogP contribution < -0.4 is 10.6 Å². The third-order valence-electron chi connectivity index (χ3n) is 2.54. The van der Waals surface area contributed by atoms with Crippen LogP contribution in [0, 0.1) is 0 Å². The lowest BCUT2D eigenvalue weighted by Crippen LogP contribution is -2.22. The number of anilines is 1. The van der Waals surface area contributed by atoms with Crippen LogP contribution in [0.15, 0.2) is 6.20 Å². The summed E-state index contributed by atoms with van der Waals surface area (Å²) < 4.78 is 0. The van der Waals surface area contributed by atoms with Crippen molar-refractivity contribution in [1.29, 1.82) is 0 Å². The quantitative estimate of drug-likeness (QED) is 0.826. The van der Waals surface area contributed by atoms with Gasteiger partial charge in [-0.2, -0.15) is 0 Å². The molecule has 0 amide bonds. The summed E-state index contributed by atoms with van der Waals surface area (Å²) in [6.07, 6.45) is 2.99. The van der Waals surface area contributed by atoms with E-state index in [1.165, 1.54) is 0 Å². The van der Waals surface area contributed by atoms with E-state index >= 15 is 0 Å². The van der Waals surface area contributed by atoms with E-state index in [9.17, 15) is 0 Å². The fourth-order valence-corrected chi connectivity index (χ4v) is 1.63. The van der Waals surface area contributed by atoms with Crippen molar-refractivity contribution >= 4 is 5.69 Å². The first kappa shape index (κ1) is 12.9. The fraction of sp³-hybridized carbons (Fsp3) is 0.667. The fourth-order valence-electron chi connectivity index (χ4n) is 1.63. The first-order valence-electron chi connectivity index (χ1n) is 5.87. The third-order valence-corrected chi connectivity index (χ3v) is 2.54. The minimum atomic E-state index is 0.343. The van der Waals surface area contributed by atoms with Crippen LogP contribution in [-0.2, 0) is 6.54 Å². The van der Waals surface area contributed by atoms with E-state index in [4.69, 9.17) is 5.73 Å². The van der Waals surface area contributed by atoms with Crippen LogP contribution in [0.3, 0.4) is 0 Å². The largest absolute Gasteiger partial charge is 0.372 e. The van der Waals surface area contributed by atoms with Crippen molar-refractivity contribution in [1.82, 2.24) is 9.97 Å². The van der Waals surface area contributed by atoms with Gasteiger partial charge in [-0.25, -0.2) is 9.97 Å². The average molecular weight is 222 g/mol. The van der Waals surface area contributed by atoms with Crippen molar-refractivity contribution in [2.75, 3.05) is 18.5 Å². The second kappa shape index (κ2) is 5.80. The molecule has 0 saturated heterocycles. The Kier molecular flexibility index (Phi) is 4.68. The van der Waals surface area contributed by atoms with Gasteiger partial charge in [0.05, 0.1) is 17.6 Å². The summed E-state index contributed by atoms with van der Waals surface area (Å²) in [4.78, 5) is 11.1. The maximum absolute atomic E-state index is 5.74. The zero-order chi connectivity index (χ0) is 12.1. The number of hydrogen-bond acceptors (Lipinski definition) is 4. The summed E-state index contributed by atoms with van der Waals surface area (Å²) in [5.74, 6) is 1.21. The second-order valence-electron chi connectivity index (χ2n) is 4.34. The molecule has 90 valence electrons. The van der Waals surface area contributed by atoms with E-state index in [0.717, 1.165) is 30.2 Å². The number of aromatic nitrogens is 2. The molecule has 0 fully saturated rings. The summed E-state index contributed by atoms with van der Waals surface area (Å²) in [6, 6.07) is 0. The highest BCUT2D eigenvalue weighted by molar-refractivity contribution is 5.48. The molecule has 0 bridgehead atoms. The van der Waals surface area contributed by atoms with Crippen molar-refractivity contribution in [3.05, 3.63) is 17.7 Å². The molecule has 1 aromatic heterocycles. The molecule has 0 spiro atoms. The van der Waals surface area contributed by atoms with Gasteiger partial charge in [0.25, 0.3) is 0 Å². The Morgan fingerprint density at radius 2 is 2.12 bits per heavy atom. The lowest BCUT2D eigenvalue weighted by Gasteiger charge is -2.21. The summed E-state index contributed by atoms with van der Waals surface area (Å²) >= 11 is 0. The standard InChI is InChI=1S/C12H22N4/c1-5-6-16(4)11-8-14-12(9(2)3)15-10(11)7-13/h8-9H,5-7,13H2,1-4H3. The topological polar surface area (TPSA) is 55.0 Å². The van der Waals surface area contributed by atoms with E-state index < -0.39 is 0 Å². The molecule has 0 aromatic carbocycles. The molecule has 4 heteroatoms. The second-order valence-corrected chi connectivity index (χ2v) is 4.34. The van der Waals surface area contributed by atoms with Gasteiger partial charge in [0.1, 0.15) is 5.82 Å². The summed E-state index contributed by atoms with van der Waals surface area (Å²) in [5.41, 5.74) is 7.73. The molecule has 1 rings (SSSR count). The zero-order valence-electron chi connectivity index (χ0n) is 10.7. The molecule has 16 heavy (non-hydrogen) atoms. The molecule has 0 radical (unpaired) electrons. The van der Waals surface area contributed by atoms with Crippen molar-refractivity contribution in [2.24, 2.45) is 5.73 Å². The monoisotopic (exact) mass is 222 g/mol. The molecular weight excluding hydrogens is 200 g/mol. The van der Waals surface area contributed by atoms with E-state index in [1.54, 1.807) is 0 Å². The van der Waals surface area contributed by atoms with Gasteiger partial charge in [-0.15, -0.1) is 0 Å². The van der Waals surface area contributed by atoms with Gasteiger partial charge in [-0.1, -0.05) is 20.8 Å². The maximum Gasteiger partial charge on any atom is 0.131 e. The van der Waals surface area contributed by atoms with E-state index in [-0.39, 0.29) is 0 Å². The smallest absolute Gasteiger partial charge is 0.131 e. The summed E-state index contributed by atoms with van der Waals surface area (Å²) in [6.45, 7) is 7.79. The highest BCUT2D eigenvalue weighted by Crippen LogP contribution is 2.19. The van der Waals surface area contributed by atoms with Gasteiger partial charge >= 0.3 is 0 Å². The molecule has 0 aliphatic heterocycles. The third kappa shape index (κ3) is 2.92. The van der Waals surface area contributed by atoms with Crippen LogP contribution in [0.1, 0.15) is 44.6 Å².